The maximum Gasteiger partial charge on any atom is 0.306 e. The summed E-state index contributed by atoms with van der Waals surface area (Å²) in [5.74, 6) is -0.319. The molecule has 6 unspecified atom stereocenters. The van der Waals surface area contributed by atoms with E-state index in [0.717, 1.165) is 44.9 Å². The van der Waals surface area contributed by atoms with E-state index in [2.05, 4.69) is 38.2 Å². The number of hydrogen-bond acceptors (Lipinski definition) is 9. The number of aliphatic hydroxyl groups excluding tert-OH is 4. The third kappa shape index (κ3) is 35.0. The molecule has 62 heavy (non-hydrogen) atoms. The van der Waals surface area contributed by atoms with Crippen LogP contribution in [-0.2, 0) is 23.7 Å². The largest absolute Gasteiger partial charge is 0.457 e. The lowest BCUT2D eigenvalue weighted by atomic mass is 9.99. The lowest BCUT2D eigenvalue weighted by Gasteiger charge is -2.39. The van der Waals surface area contributed by atoms with Crippen molar-refractivity contribution >= 4 is 5.97 Å². The molecule has 1 rings (SSSR count). The van der Waals surface area contributed by atoms with Crippen molar-refractivity contribution in [1.29, 1.82) is 0 Å². The highest BCUT2D eigenvalue weighted by Gasteiger charge is 2.44. The van der Waals surface area contributed by atoms with Crippen LogP contribution in [0.2, 0.25) is 0 Å². The molecule has 6 atom stereocenters. The van der Waals surface area contributed by atoms with Crippen molar-refractivity contribution in [2.24, 2.45) is 0 Å². The van der Waals surface area contributed by atoms with Crippen LogP contribution in [-0.4, -0.2) is 89.6 Å². The predicted molar refractivity (Wildman–Crippen MR) is 256 cm³/mol. The van der Waals surface area contributed by atoms with Gasteiger partial charge in [-0.1, -0.05) is 199 Å². The Kier molecular flexibility index (Phi) is 42.5. The maximum absolute atomic E-state index is 12.8. The second-order valence-electron chi connectivity index (χ2n) is 18.3. The molecule has 0 saturated carbocycles. The summed E-state index contributed by atoms with van der Waals surface area (Å²) in [5.41, 5.74) is 0. The van der Waals surface area contributed by atoms with Crippen LogP contribution in [0.4, 0.5) is 0 Å². The number of hydrogen-bond donors (Lipinski definition) is 4. The van der Waals surface area contributed by atoms with E-state index in [1.807, 2.05) is 0 Å². The maximum atomic E-state index is 12.8. The number of unbranched alkanes of at least 4 members (excludes halogenated alkanes) is 31. The SMILES string of the molecule is CCCCCCCC/C=C\CCCCCCCC(=O)OC(COCCCCCCCCCCCCCC/C=C\CCCCCCCCCC)COC1OC(CO)C(O)C(O)C1O. The summed E-state index contributed by atoms with van der Waals surface area (Å²) in [7, 11) is 0. The van der Waals surface area contributed by atoms with Crippen LogP contribution in [0.3, 0.4) is 0 Å². The number of carbonyl (C=O) groups is 1. The second-order valence-corrected chi connectivity index (χ2v) is 18.3. The van der Waals surface area contributed by atoms with Gasteiger partial charge < -0.3 is 39.4 Å². The van der Waals surface area contributed by atoms with Gasteiger partial charge >= 0.3 is 5.97 Å². The molecule has 9 nitrogen and oxygen atoms in total. The Hall–Kier alpha value is -1.33. The van der Waals surface area contributed by atoms with Gasteiger partial charge in [0.1, 0.15) is 30.5 Å². The van der Waals surface area contributed by atoms with E-state index in [1.54, 1.807) is 0 Å². The Labute approximate surface area is 381 Å². The van der Waals surface area contributed by atoms with Gasteiger partial charge in [0.15, 0.2) is 6.29 Å². The fourth-order valence-corrected chi connectivity index (χ4v) is 8.19. The minimum atomic E-state index is -1.54. The number of allylic oxidation sites excluding steroid dienone is 4. The predicted octanol–water partition coefficient (Wildman–Crippen LogP) is 12.9. The number of carbonyl (C=O) groups excluding carboxylic acids is 1. The lowest BCUT2D eigenvalue weighted by molar-refractivity contribution is -0.305. The Balaban J connectivity index is 2.16. The van der Waals surface area contributed by atoms with Crippen LogP contribution in [0.5, 0.6) is 0 Å². The zero-order valence-corrected chi connectivity index (χ0v) is 40.4. The van der Waals surface area contributed by atoms with Crippen molar-refractivity contribution < 1.29 is 44.2 Å². The van der Waals surface area contributed by atoms with Crippen molar-refractivity contribution in [2.45, 2.75) is 282 Å². The Bertz CT molecular complexity index is 1000. The summed E-state index contributed by atoms with van der Waals surface area (Å²) >= 11 is 0. The monoisotopic (exact) mass is 881 g/mol. The summed E-state index contributed by atoms with van der Waals surface area (Å²) in [4.78, 5) is 12.8. The van der Waals surface area contributed by atoms with Gasteiger partial charge in [-0.15, -0.1) is 0 Å². The van der Waals surface area contributed by atoms with Crippen LogP contribution in [0.1, 0.15) is 245 Å². The van der Waals surface area contributed by atoms with E-state index in [0.29, 0.717) is 13.0 Å². The fraction of sp³-hybridized carbons (Fsp3) is 0.906. The summed E-state index contributed by atoms with van der Waals surface area (Å²) in [6.07, 6.45) is 46.5. The summed E-state index contributed by atoms with van der Waals surface area (Å²) in [6, 6.07) is 0. The molecule has 0 aromatic heterocycles. The quantitative estimate of drug-likeness (QED) is 0.0268. The average molecular weight is 881 g/mol. The minimum Gasteiger partial charge on any atom is -0.457 e. The van der Waals surface area contributed by atoms with Gasteiger partial charge in [0.25, 0.3) is 0 Å². The van der Waals surface area contributed by atoms with Gasteiger partial charge in [-0.05, 0) is 64.2 Å². The number of ether oxygens (including phenoxy) is 4. The molecular formula is C53H100O9. The third-order valence-corrected chi connectivity index (χ3v) is 12.3. The lowest BCUT2D eigenvalue weighted by Crippen LogP contribution is -2.59. The molecule has 1 heterocycles. The van der Waals surface area contributed by atoms with Gasteiger partial charge in [0, 0.05) is 13.0 Å². The van der Waals surface area contributed by atoms with Gasteiger partial charge in [-0.25, -0.2) is 0 Å². The molecule has 0 radical (unpaired) electrons. The van der Waals surface area contributed by atoms with Crippen LogP contribution in [0.15, 0.2) is 24.3 Å². The first-order valence-electron chi connectivity index (χ1n) is 26.4. The molecule has 1 aliphatic rings. The molecule has 0 spiro atoms. The highest BCUT2D eigenvalue weighted by atomic mass is 16.7. The van der Waals surface area contributed by atoms with Crippen LogP contribution >= 0.6 is 0 Å². The van der Waals surface area contributed by atoms with E-state index in [4.69, 9.17) is 18.9 Å². The van der Waals surface area contributed by atoms with Crippen molar-refractivity contribution in [1.82, 2.24) is 0 Å². The van der Waals surface area contributed by atoms with Crippen LogP contribution < -0.4 is 0 Å². The molecule has 0 aromatic carbocycles. The van der Waals surface area contributed by atoms with Crippen molar-refractivity contribution in [2.75, 3.05) is 26.4 Å². The Morgan fingerprint density at radius 3 is 1.31 bits per heavy atom. The van der Waals surface area contributed by atoms with Crippen molar-refractivity contribution in [3.63, 3.8) is 0 Å². The molecule has 1 saturated heterocycles. The van der Waals surface area contributed by atoms with Gasteiger partial charge in [-0.2, -0.15) is 0 Å². The molecule has 9 heteroatoms. The van der Waals surface area contributed by atoms with Gasteiger partial charge in [0.2, 0.25) is 0 Å². The smallest absolute Gasteiger partial charge is 0.306 e. The van der Waals surface area contributed by atoms with E-state index in [9.17, 15) is 25.2 Å². The molecular weight excluding hydrogens is 781 g/mol. The number of rotatable bonds is 46. The topological polar surface area (TPSA) is 135 Å². The first-order valence-corrected chi connectivity index (χ1v) is 26.4. The molecule has 4 N–H and O–H groups in total. The van der Waals surface area contributed by atoms with E-state index >= 15 is 0 Å². The molecule has 0 aliphatic carbocycles. The number of aliphatic hydroxyl groups is 4. The van der Waals surface area contributed by atoms with Gasteiger partial charge in [0.05, 0.1) is 19.8 Å². The Morgan fingerprint density at radius 2 is 0.887 bits per heavy atom. The molecule has 1 fully saturated rings. The molecule has 0 bridgehead atoms. The standard InChI is InChI=1S/C53H100O9/c1-3-5-7-9-11-13-15-17-19-20-21-22-23-24-25-26-27-29-31-33-35-37-39-41-43-59-45-47(46-60-53-52(58)51(57)50(56)48(44-54)62-53)61-49(55)42-40-38-36-34-32-30-28-18-16-14-12-10-8-6-4-2/h18,20-21,28,47-48,50-54,56-58H,3-17,19,22-27,29-46H2,1-2H3/b21-20-,28-18-. The highest BCUT2D eigenvalue weighted by Crippen LogP contribution is 2.23. The zero-order chi connectivity index (χ0) is 45.0. The van der Waals surface area contributed by atoms with E-state index in [1.165, 1.54) is 180 Å². The van der Waals surface area contributed by atoms with Gasteiger partial charge in [-0.3, -0.25) is 4.79 Å². The molecule has 366 valence electrons. The molecule has 0 amide bonds. The molecule has 1 aliphatic heterocycles. The highest BCUT2D eigenvalue weighted by molar-refractivity contribution is 5.69. The summed E-state index contributed by atoms with van der Waals surface area (Å²) in [5, 5.41) is 40.2. The molecule has 0 aromatic rings. The zero-order valence-electron chi connectivity index (χ0n) is 40.4. The summed E-state index contributed by atoms with van der Waals surface area (Å²) < 4.78 is 22.9. The second kappa shape index (κ2) is 44.9. The first-order chi connectivity index (χ1) is 30.4. The number of esters is 1. The van der Waals surface area contributed by atoms with E-state index < -0.39 is 43.4 Å². The Morgan fingerprint density at radius 1 is 0.500 bits per heavy atom. The third-order valence-electron chi connectivity index (χ3n) is 12.3. The average Bonchev–Trinajstić information content (AvgIpc) is 3.27. The summed E-state index contributed by atoms with van der Waals surface area (Å²) in [6.45, 7) is 4.58. The normalized spacial score (nSPS) is 19.9. The van der Waals surface area contributed by atoms with E-state index in [-0.39, 0.29) is 19.2 Å². The van der Waals surface area contributed by atoms with Crippen molar-refractivity contribution in [3.8, 4) is 0 Å². The first kappa shape index (κ1) is 58.7. The van der Waals surface area contributed by atoms with Crippen LogP contribution in [0.25, 0.3) is 0 Å². The minimum absolute atomic E-state index is 0.114. The van der Waals surface area contributed by atoms with Crippen LogP contribution in [0, 0.1) is 0 Å². The fourth-order valence-electron chi connectivity index (χ4n) is 8.19. The van der Waals surface area contributed by atoms with Crippen molar-refractivity contribution in [3.05, 3.63) is 24.3 Å².